The minimum atomic E-state index is -0.291. The van der Waals surface area contributed by atoms with Crippen molar-refractivity contribution >= 4 is 21.9 Å². The Bertz CT molecular complexity index is 1160. The highest BCUT2D eigenvalue weighted by Crippen LogP contribution is 2.37. The number of halogens is 1. The van der Waals surface area contributed by atoms with Crippen molar-refractivity contribution < 1.29 is 13.2 Å². The highest BCUT2D eigenvalue weighted by molar-refractivity contribution is 6.04. The van der Waals surface area contributed by atoms with Gasteiger partial charge in [0.15, 0.2) is 0 Å². The Labute approximate surface area is 143 Å². The fourth-order valence-corrected chi connectivity index (χ4v) is 3.46. The zero-order valence-corrected chi connectivity index (χ0v) is 14.3. The fourth-order valence-electron chi connectivity index (χ4n) is 3.46. The molecule has 3 nitrogen and oxygen atoms in total. The second-order valence-electron chi connectivity index (χ2n) is 6.26. The number of rotatable bonds is 2. The molecule has 0 aliphatic rings. The number of furan rings is 1. The monoisotopic (exact) mass is 336 g/mol. The molecule has 2 heterocycles. The Morgan fingerprint density at radius 2 is 1.72 bits per heavy atom. The van der Waals surface area contributed by atoms with Crippen LogP contribution in [0.4, 0.5) is 4.39 Å². The quantitative estimate of drug-likeness (QED) is 0.452. The first-order chi connectivity index (χ1) is 12.0. The first kappa shape index (κ1) is 15.6. The van der Waals surface area contributed by atoms with E-state index in [4.69, 9.17) is 8.83 Å². The van der Waals surface area contributed by atoms with Crippen LogP contribution in [0, 0.1) is 19.7 Å². The van der Waals surface area contributed by atoms with E-state index < -0.39 is 0 Å². The van der Waals surface area contributed by atoms with Crippen molar-refractivity contribution in [3.05, 3.63) is 69.5 Å². The molecule has 2 aromatic heterocycles. The summed E-state index contributed by atoms with van der Waals surface area (Å²) in [5.41, 5.74) is 5.14. The van der Waals surface area contributed by atoms with Crippen LogP contribution >= 0.6 is 0 Å². The standard InChI is InChI=1S/C21H17FO3/c1-4-15-11(2)16-9-17-18(13-5-7-14(22)8-6-13)10-24-19(17)12(3)20(16)25-21(15)23/h5-10H,4H2,1-3H3. The Morgan fingerprint density at radius 1 is 1.00 bits per heavy atom. The Balaban J connectivity index is 2.10. The third kappa shape index (κ3) is 2.29. The molecule has 0 unspecified atom stereocenters. The van der Waals surface area contributed by atoms with Crippen molar-refractivity contribution in [2.75, 3.05) is 0 Å². The number of hydrogen-bond acceptors (Lipinski definition) is 3. The van der Waals surface area contributed by atoms with E-state index in [1.807, 2.05) is 26.8 Å². The van der Waals surface area contributed by atoms with E-state index in [9.17, 15) is 9.18 Å². The van der Waals surface area contributed by atoms with Crippen LogP contribution in [-0.2, 0) is 6.42 Å². The first-order valence-corrected chi connectivity index (χ1v) is 8.24. The van der Waals surface area contributed by atoms with E-state index in [0.717, 1.165) is 33.0 Å². The number of hydrogen-bond donors (Lipinski definition) is 0. The maximum absolute atomic E-state index is 13.2. The van der Waals surface area contributed by atoms with Crippen LogP contribution in [0.15, 0.2) is 50.2 Å². The first-order valence-electron chi connectivity index (χ1n) is 8.24. The lowest BCUT2D eigenvalue weighted by Gasteiger charge is -2.09. The topological polar surface area (TPSA) is 43.4 Å². The van der Waals surface area contributed by atoms with Gasteiger partial charge in [0.05, 0.1) is 6.26 Å². The van der Waals surface area contributed by atoms with Crippen molar-refractivity contribution in [3.8, 4) is 11.1 Å². The van der Waals surface area contributed by atoms with Crippen LogP contribution in [0.1, 0.15) is 23.6 Å². The van der Waals surface area contributed by atoms with Crippen molar-refractivity contribution in [1.82, 2.24) is 0 Å². The number of aryl methyl sites for hydroxylation is 2. The Hall–Kier alpha value is -2.88. The molecule has 2 aromatic carbocycles. The Morgan fingerprint density at radius 3 is 2.40 bits per heavy atom. The van der Waals surface area contributed by atoms with Crippen molar-refractivity contribution in [2.45, 2.75) is 27.2 Å². The highest BCUT2D eigenvalue weighted by Gasteiger charge is 2.18. The lowest BCUT2D eigenvalue weighted by Crippen LogP contribution is -2.09. The SMILES string of the molecule is CCc1c(C)c2cc3c(-c4ccc(F)cc4)coc3c(C)c2oc1=O. The average molecular weight is 336 g/mol. The van der Waals surface area contributed by atoms with Crippen LogP contribution < -0.4 is 5.63 Å². The molecule has 0 bridgehead atoms. The van der Waals surface area contributed by atoms with Crippen molar-refractivity contribution in [2.24, 2.45) is 0 Å². The van der Waals surface area contributed by atoms with Gasteiger partial charge in [0, 0.05) is 27.5 Å². The maximum Gasteiger partial charge on any atom is 0.339 e. The molecule has 25 heavy (non-hydrogen) atoms. The summed E-state index contributed by atoms with van der Waals surface area (Å²) in [6.07, 6.45) is 2.29. The van der Waals surface area contributed by atoms with Gasteiger partial charge in [-0.3, -0.25) is 0 Å². The molecule has 0 fully saturated rings. The van der Waals surface area contributed by atoms with Gasteiger partial charge in [0.1, 0.15) is 17.0 Å². The van der Waals surface area contributed by atoms with Crippen LogP contribution in [0.2, 0.25) is 0 Å². The predicted octanol–water partition coefficient (Wildman–Crippen LogP) is 5.52. The highest BCUT2D eigenvalue weighted by atomic mass is 19.1. The average Bonchev–Trinajstić information content (AvgIpc) is 3.02. The molecule has 0 atom stereocenters. The molecule has 4 aromatic rings. The summed E-state index contributed by atoms with van der Waals surface area (Å²) in [7, 11) is 0. The number of fused-ring (bicyclic) bond motifs is 2. The minimum absolute atomic E-state index is 0.275. The van der Waals surface area contributed by atoms with Gasteiger partial charge in [0.2, 0.25) is 0 Å². The molecule has 0 radical (unpaired) electrons. The van der Waals surface area contributed by atoms with Crippen LogP contribution in [0.25, 0.3) is 33.1 Å². The third-order valence-corrected chi connectivity index (χ3v) is 4.85. The number of benzene rings is 2. The zero-order valence-electron chi connectivity index (χ0n) is 14.3. The molecule has 0 spiro atoms. The van der Waals surface area contributed by atoms with Gasteiger partial charge >= 0.3 is 5.63 Å². The van der Waals surface area contributed by atoms with E-state index in [2.05, 4.69) is 0 Å². The molecular formula is C21H17FO3. The summed E-state index contributed by atoms with van der Waals surface area (Å²) < 4.78 is 24.5. The molecule has 4 rings (SSSR count). The van der Waals surface area contributed by atoms with Gasteiger partial charge in [-0.25, -0.2) is 9.18 Å². The fraction of sp³-hybridized carbons (Fsp3) is 0.190. The van der Waals surface area contributed by atoms with Gasteiger partial charge in [-0.05, 0) is 49.6 Å². The van der Waals surface area contributed by atoms with E-state index in [1.54, 1.807) is 18.4 Å². The maximum atomic E-state index is 13.2. The summed E-state index contributed by atoms with van der Waals surface area (Å²) in [5, 5.41) is 1.84. The lowest BCUT2D eigenvalue weighted by molar-refractivity contribution is 0.546. The summed E-state index contributed by atoms with van der Waals surface area (Å²) in [6, 6.07) is 8.32. The van der Waals surface area contributed by atoms with E-state index in [0.29, 0.717) is 23.2 Å². The van der Waals surface area contributed by atoms with Gasteiger partial charge in [-0.15, -0.1) is 0 Å². The van der Waals surface area contributed by atoms with Crippen molar-refractivity contribution in [1.29, 1.82) is 0 Å². The normalized spacial score (nSPS) is 11.5. The second kappa shape index (κ2) is 5.59. The summed E-state index contributed by atoms with van der Waals surface area (Å²) in [5.74, 6) is -0.275. The lowest BCUT2D eigenvalue weighted by atomic mass is 9.97. The minimum Gasteiger partial charge on any atom is -0.463 e. The van der Waals surface area contributed by atoms with Gasteiger partial charge < -0.3 is 8.83 Å². The van der Waals surface area contributed by atoms with Crippen molar-refractivity contribution in [3.63, 3.8) is 0 Å². The van der Waals surface area contributed by atoms with Gasteiger partial charge in [0.25, 0.3) is 0 Å². The molecule has 0 saturated carbocycles. The zero-order chi connectivity index (χ0) is 17.7. The molecule has 0 aliphatic carbocycles. The van der Waals surface area contributed by atoms with E-state index >= 15 is 0 Å². The van der Waals surface area contributed by atoms with Gasteiger partial charge in [-0.1, -0.05) is 19.1 Å². The van der Waals surface area contributed by atoms with Crippen LogP contribution in [-0.4, -0.2) is 0 Å². The molecule has 126 valence electrons. The largest absolute Gasteiger partial charge is 0.463 e. The Kier molecular flexibility index (Phi) is 3.49. The molecule has 0 saturated heterocycles. The third-order valence-electron chi connectivity index (χ3n) is 4.85. The molecule has 0 amide bonds. The predicted molar refractivity (Wildman–Crippen MR) is 96.5 cm³/mol. The molecule has 0 aliphatic heterocycles. The molecular weight excluding hydrogens is 319 g/mol. The smallest absolute Gasteiger partial charge is 0.339 e. The summed E-state index contributed by atoms with van der Waals surface area (Å²) in [6.45, 7) is 5.77. The van der Waals surface area contributed by atoms with E-state index in [-0.39, 0.29) is 11.4 Å². The van der Waals surface area contributed by atoms with Crippen LogP contribution in [0.5, 0.6) is 0 Å². The molecule has 0 N–H and O–H groups in total. The van der Waals surface area contributed by atoms with E-state index in [1.165, 1.54) is 12.1 Å². The summed E-state index contributed by atoms with van der Waals surface area (Å²) >= 11 is 0. The second-order valence-corrected chi connectivity index (χ2v) is 6.26. The van der Waals surface area contributed by atoms with Gasteiger partial charge in [-0.2, -0.15) is 0 Å². The molecule has 4 heteroatoms. The summed E-state index contributed by atoms with van der Waals surface area (Å²) in [4.78, 5) is 12.2. The van der Waals surface area contributed by atoms with Crippen LogP contribution in [0.3, 0.4) is 0 Å².